The lowest BCUT2D eigenvalue weighted by atomic mass is 9.91. The van der Waals surface area contributed by atoms with Crippen molar-refractivity contribution in [2.45, 2.75) is 19.4 Å². The molecular formula is C13H14N2O2. The number of aliphatic carboxylic acids is 1. The monoisotopic (exact) mass is 230 g/mol. The number of rotatable bonds is 2. The van der Waals surface area contributed by atoms with Crippen molar-refractivity contribution in [1.29, 1.82) is 5.26 Å². The summed E-state index contributed by atoms with van der Waals surface area (Å²) in [5.74, 6) is -1.23. The highest BCUT2D eigenvalue weighted by Crippen LogP contribution is 2.30. The molecule has 0 saturated heterocycles. The quantitative estimate of drug-likeness (QED) is 0.839. The number of carboxylic acids is 1. The lowest BCUT2D eigenvalue weighted by molar-refractivity contribution is -0.141. The zero-order valence-corrected chi connectivity index (χ0v) is 9.63. The van der Waals surface area contributed by atoms with Crippen LogP contribution >= 0.6 is 0 Å². The molecule has 4 nitrogen and oxygen atoms in total. The summed E-state index contributed by atoms with van der Waals surface area (Å²) < 4.78 is 0. The van der Waals surface area contributed by atoms with E-state index in [4.69, 9.17) is 10.4 Å². The summed E-state index contributed by atoms with van der Waals surface area (Å²) in [6.07, 6.45) is 0.542. The summed E-state index contributed by atoms with van der Waals surface area (Å²) in [7, 11) is 0. The van der Waals surface area contributed by atoms with E-state index in [-0.39, 0.29) is 6.04 Å². The Morgan fingerprint density at radius 3 is 2.94 bits per heavy atom. The Balaban J connectivity index is 2.39. The Kier molecular flexibility index (Phi) is 3.01. The van der Waals surface area contributed by atoms with Gasteiger partial charge in [0.2, 0.25) is 0 Å². The first kappa shape index (κ1) is 11.5. The molecule has 0 spiro atoms. The number of nitriles is 1. The predicted molar refractivity (Wildman–Crippen MR) is 63.7 cm³/mol. The Morgan fingerprint density at radius 2 is 2.29 bits per heavy atom. The van der Waals surface area contributed by atoms with Crippen LogP contribution in [0.5, 0.6) is 0 Å². The van der Waals surface area contributed by atoms with Gasteiger partial charge in [0.05, 0.1) is 12.0 Å². The minimum absolute atomic E-state index is 0.307. The van der Waals surface area contributed by atoms with Crippen LogP contribution < -0.4 is 4.90 Å². The van der Waals surface area contributed by atoms with Crippen LogP contribution in [0.3, 0.4) is 0 Å². The maximum atomic E-state index is 11.1. The van der Waals surface area contributed by atoms with E-state index in [2.05, 4.69) is 6.07 Å². The van der Waals surface area contributed by atoms with Crippen LogP contribution in [-0.4, -0.2) is 23.7 Å². The Hall–Kier alpha value is -2.02. The van der Waals surface area contributed by atoms with Gasteiger partial charge in [0, 0.05) is 12.2 Å². The van der Waals surface area contributed by atoms with Crippen LogP contribution in [0.15, 0.2) is 24.3 Å². The van der Waals surface area contributed by atoms with E-state index < -0.39 is 11.9 Å². The molecule has 2 rings (SSSR count). The molecule has 0 aliphatic carbocycles. The van der Waals surface area contributed by atoms with Gasteiger partial charge in [-0.15, -0.1) is 0 Å². The fourth-order valence-electron chi connectivity index (χ4n) is 2.23. The molecule has 0 radical (unpaired) electrons. The summed E-state index contributed by atoms with van der Waals surface area (Å²) in [4.78, 5) is 13.0. The molecule has 1 aliphatic rings. The van der Waals surface area contributed by atoms with Crippen molar-refractivity contribution in [2.24, 2.45) is 5.92 Å². The molecule has 1 N–H and O–H groups in total. The van der Waals surface area contributed by atoms with Crippen LogP contribution in [0.25, 0.3) is 0 Å². The maximum absolute atomic E-state index is 11.1. The smallest absolute Gasteiger partial charge is 0.308 e. The number of hydrogen-bond donors (Lipinski definition) is 1. The van der Waals surface area contributed by atoms with Crippen LogP contribution in [0.2, 0.25) is 0 Å². The minimum atomic E-state index is -0.797. The van der Waals surface area contributed by atoms with Gasteiger partial charge in [-0.05, 0) is 25.0 Å². The highest BCUT2D eigenvalue weighted by atomic mass is 16.4. The number of hydrogen-bond acceptors (Lipinski definition) is 3. The topological polar surface area (TPSA) is 64.3 Å². The molecule has 0 amide bonds. The van der Waals surface area contributed by atoms with Crippen LogP contribution in [0.1, 0.15) is 12.5 Å². The number of nitrogens with zero attached hydrogens (tertiary/aromatic N) is 2. The van der Waals surface area contributed by atoms with E-state index in [0.29, 0.717) is 13.0 Å². The third-order valence-electron chi connectivity index (χ3n) is 3.19. The molecule has 1 aliphatic heterocycles. The molecule has 1 heterocycles. The lowest BCUT2D eigenvalue weighted by Crippen LogP contribution is -2.43. The molecule has 88 valence electrons. The molecular weight excluding hydrogens is 216 g/mol. The summed E-state index contributed by atoms with van der Waals surface area (Å²) in [5, 5.41) is 18.1. The molecule has 0 fully saturated rings. The third kappa shape index (κ3) is 2.09. The summed E-state index contributed by atoms with van der Waals surface area (Å²) in [6.45, 7) is 2.20. The van der Waals surface area contributed by atoms with Crippen molar-refractivity contribution in [3.8, 4) is 6.07 Å². The van der Waals surface area contributed by atoms with Gasteiger partial charge in [-0.3, -0.25) is 4.79 Å². The van der Waals surface area contributed by atoms with Gasteiger partial charge in [0.15, 0.2) is 0 Å². The molecule has 0 aromatic heterocycles. The summed E-state index contributed by atoms with van der Waals surface area (Å²) in [6, 6.07) is 9.55. The number of anilines is 1. The molecule has 1 aromatic carbocycles. The van der Waals surface area contributed by atoms with E-state index in [1.807, 2.05) is 29.2 Å². The fourth-order valence-corrected chi connectivity index (χ4v) is 2.23. The second kappa shape index (κ2) is 4.46. The van der Waals surface area contributed by atoms with Crippen molar-refractivity contribution in [1.82, 2.24) is 0 Å². The number of carboxylic acid groups (broad SMARTS) is 1. The molecule has 17 heavy (non-hydrogen) atoms. The first-order chi connectivity index (χ1) is 8.13. The first-order valence-corrected chi connectivity index (χ1v) is 5.60. The van der Waals surface area contributed by atoms with Gasteiger partial charge in [0.25, 0.3) is 0 Å². The van der Waals surface area contributed by atoms with Crippen molar-refractivity contribution < 1.29 is 9.90 Å². The predicted octanol–water partition coefficient (Wildman–Crippen LogP) is 1.66. The Morgan fingerprint density at radius 1 is 1.59 bits per heavy atom. The molecule has 0 saturated carbocycles. The first-order valence-electron chi connectivity index (χ1n) is 5.60. The number of carbonyl (C=O) groups is 1. The van der Waals surface area contributed by atoms with Gasteiger partial charge in [-0.2, -0.15) is 5.26 Å². The van der Waals surface area contributed by atoms with Crippen LogP contribution in [-0.2, 0) is 11.2 Å². The average molecular weight is 230 g/mol. The number of benzene rings is 1. The average Bonchev–Trinajstić information content (AvgIpc) is 2.36. The normalized spacial score (nSPS) is 20.2. The second-order valence-corrected chi connectivity index (χ2v) is 4.33. The summed E-state index contributed by atoms with van der Waals surface area (Å²) in [5.41, 5.74) is 1.99. The lowest BCUT2D eigenvalue weighted by Gasteiger charge is -2.36. The number of para-hydroxylation sites is 1. The molecule has 2 unspecified atom stereocenters. The standard InChI is InChI=1S/C13H14N2O2/c1-9(7-14)15-8-11(13(16)17)6-10-4-2-3-5-12(10)15/h2-5,9,11H,6,8H2,1H3,(H,16,17). The maximum Gasteiger partial charge on any atom is 0.308 e. The van der Waals surface area contributed by atoms with Gasteiger partial charge >= 0.3 is 5.97 Å². The largest absolute Gasteiger partial charge is 0.481 e. The highest BCUT2D eigenvalue weighted by molar-refractivity contribution is 5.74. The molecule has 4 heteroatoms. The molecule has 1 aromatic rings. The van der Waals surface area contributed by atoms with Gasteiger partial charge < -0.3 is 10.0 Å². The number of fused-ring (bicyclic) bond motifs is 1. The van der Waals surface area contributed by atoms with Crippen molar-refractivity contribution >= 4 is 11.7 Å². The van der Waals surface area contributed by atoms with E-state index in [9.17, 15) is 4.79 Å². The molecule has 2 atom stereocenters. The van der Waals surface area contributed by atoms with Gasteiger partial charge in [-0.25, -0.2) is 0 Å². The highest BCUT2D eigenvalue weighted by Gasteiger charge is 2.30. The van der Waals surface area contributed by atoms with E-state index in [0.717, 1.165) is 11.3 Å². The minimum Gasteiger partial charge on any atom is -0.481 e. The van der Waals surface area contributed by atoms with Crippen LogP contribution in [0, 0.1) is 17.2 Å². The molecule has 0 bridgehead atoms. The second-order valence-electron chi connectivity index (χ2n) is 4.33. The van der Waals surface area contributed by atoms with Crippen molar-refractivity contribution in [2.75, 3.05) is 11.4 Å². The summed E-state index contributed by atoms with van der Waals surface area (Å²) >= 11 is 0. The van der Waals surface area contributed by atoms with E-state index in [1.165, 1.54) is 0 Å². The zero-order chi connectivity index (χ0) is 12.4. The zero-order valence-electron chi connectivity index (χ0n) is 9.63. The Bertz CT molecular complexity index is 479. The van der Waals surface area contributed by atoms with Crippen molar-refractivity contribution in [3.05, 3.63) is 29.8 Å². The third-order valence-corrected chi connectivity index (χ3v) is 3.19. The van der Waals surface area contributed by atoms with Crippen LogP contribution in [0.4, 0.5) is 5.69 Å². The fraction of sp³-hybridized carbons (Fsp3) is 0.385. The SMILES string of the molecule is CC(C#N)N1CC(C(=O)O)Cc2ccccc21. The van der Waals surface area contributed by atoms with Crippen molar-refractivity contribution in [3.63, 3.8) is 0 Å². The van der Waals surface area contributed by atoms with Gasteiger partial charge in [0.1, 0.15) is 6.04 Å². The van der Waals surface area contributed by atoms with E-state index in [1.54, 1.807) is 6.92 Å². The Labute approximate surface area is 100 Å². The van der Waals surface area contributed by atoms with E-state index >= 15 is 0 Å². The van der Waals surface area contributed by atoms with Gasteiger partial charge in [-0.1, -0.05) is 18.2 Å².